The summed E-state index contributed by atoms with van der Waals surface area (Å²) in [6, 6.07) is 4.40. The molecule has 0 unspecified atom stereocenters. The molecule has 0 aliphatic carbocycles. The van der Waals surface area contributed by atoms with Gasteiger partial charge in [0.1, 0.15) is 24.4 Å². The summed E-state index contributed by atoms with van der Waals surface area (Å²) in [4.78, 5) is 21.2. The maximum absolute atomic E-state index is 13.6. The number of benzene rings is 1. The van der Waals surface area contributed by atoms with Crippen LogP contribution in [-0.4, -0.2) is 41.0 Å². The molecule has 1 aromatic heterocycles. The Bertz CT molecular complexity index is 843. The Hall–Kier alpha value is -3.14. The summed E-state index contributed by atoms with van der Waals surface area (Å²) in [5, 5.41) is 0. The van der Waals surface area contributed by atoms with Crippen LogP contribution in [0.2, 0.25) is 0 Å². The van der Waals surface area contributed by atoms with E-state index in [1.807, 2.05) is 6.92 Å². The van der Waals surface area contributed by atoms with E-state index < -0.39 is 0 Å². The van der Waals surface area contributed by atoms with Crippen molar-refractivity contribution in [2.75, 3.05) is 25.9 Å². The number of halogens is 1. The molecule has 0 fully saturated rings. The molecular weight excluding hydrogens is 323 g/mol. The summed E-state index contributed by atoms with van der Waals surface area (Å²) in [6.07, 6.45) is 1.30. The minimum atomic E-state index is -0.382. The Kier molecular flexibility index (Phi) is 5.90. The molecule has 0 bridgehead atoms. The number of likely N-dealkylation sites (N-methyl/N-ethyl adjacent to an activating group) is 1. The number of carbonyl (C=O) groups is 1. The number of carbonyl (C=O) groups excluding carboxylic acids is 1. The first-order valence-electron chi connectivity index (χ1n) is 7.61. The van der Waals surface area contributed by atoms with Gasteiger partial charge in [-0.1, -0.05) is 12.0 Å². The van der Waals surface area contributed by atoms with Crippen molar-refractivity contribution in [2.45, 2.75) is 13.8 Å². The Balaban J connectivity index is 2.22. The fourth-order valence-corrected chi connectivity index (χ4v) is 2.16. The van der Waals surface area contributed by atoms with Crippen LogP contribution in [0.25, 0.3) is 11.3 Å². The molecule has 0 aliphatic rings. The van der Waals surface area contributed by atoms with Crippen LogP contribution >= 0.6 is 0 Å². The van der Waals surface area contributed by atoms with E-state index in [0.29, 0.717) is 17.8 Å². The number of ether oxygens (including phenoxy) is 1. The molecule has 7 heteroatoms. The Labute approximate surface area is 145 Å². The molecule has 1 heterocycles. The van der Waals surface area contributed by atoms with Gasteiger partial charge in [0.05, 0.1) is 6.54 Å². The molecule has 2 N–H and O–H groups in total. The fraction of sp³-hybridized carbons (Fsp3) is 0.278. The number of anilines is 1. The smallest absolute Gasteiger partial charge is 0.298 e. The van der Waals surface area contributed by atoms with Crippen molar-refractivity contribution in [2.24, 2.45) is 0 Å². The minimum Gasteiger partial charge on any atom is -0.486 e. The van der Waals surface area contributed by atoms with Crippen molar-refractivity contribution >= 4 is 11.7 Å². The number of hydrogen-bond donors (Lipinski definition) is 1. The van der Waals surface area contributed by atoms with E-state index in [-0.39, 0.29) is 29.9 Å². The molecule has 0 saturated carbocycles. The first-order chi connectivity index (χ1) is 11.9. The highest BCUT2D eigenvalue weighted by Crippen LogP contribution is 2.33. The summed E-state index contributed by atoms with van der Waals surface area (Å²) < 4.78 is 19.3. The summed E-state index contributed by atoms with van der Waals surface area (Å²) in [7, 11) is 1.62. The van der Waals surface area contributed by atoms with E-state index in [4.69, 9.17) is 10.5 Å². The second-order valence-corrected chi connectivity index (χ2v) is 5.35. The summed E-state index contributed by atoms with van der Waals surface area (Å²) in [5.74, 6) is 4.72. The molecule has 1 amide bonds. The molecule has 0 spiro atoms. The molecule has 0 radical (unpaired) electrons. The van der Waals surface area contributed by atoms with Gasteiger partial charge in [-0.2, -0.15) is 0 Å². The van der Waals surface area contributed by atoms with Crippen LogP contribution in [0.1, 0.15) is 12.5 Å². The second-order valence-electron chi connectivity index (χ2n) is 5.35. The van der Waals surface area contributed by atoms with Crippen LogP contribution in [0.4, 0.5) is 10.2 Å². The highest BCUT2D eigenvalue weighted by Gasteiger charge is 2.16. The van der Waals surface area contributed by atoms with Crippen LogP contribution in [0, 0.1) is 24.6 Å². The molecule has 6 nitrogen and oxygen atoms in total. The predicted molar refractivity (Wildman–Crippen MR) is 93.2 cm³/mol. The van der Waals surface area contributed by atoms with Gasteiger partial charge >= 0.3 is 0 Å². The zero-order valence-corrected chi connectivity index (χ0v) is 14.3. The van der Waals surface area contributed by atoms with E-state index in [1.54, 1.807) is 20.0 Å². The predicted octanol–water partition coefficient (Wildman–Crippen LogP) is 2.03. The quantitative estimate of drug-likeness (QED) is 0.841. The van der Waals surface area contributed by atoms with Gasteiger partial charge in [0.25, 0.3) is 5.91 Å². The second kappa shape index (κ2) is 8.11. The third-order valence-corrected chi connectivity index (χ3v) is 3.54. The molecule has 25 heavy (non-hydrogen) atoms. The average molecular weight is 342 g/mol. The molecule has 0 saturated heterocycles. The van der Waals surface area contributed by atoms with Gasteiger partial charge < -0.3 is 15.4 Å². The summed E-state index contributed by atoms with van der Waals surface area (Å²) in [6.45, 7) is 3.92. The van der Waals surface area contributed by atoms with Gasteiger partial charge in [-0.05, 0) is 37.5 Å². The molecule has 130 valence electrons. The van der Waals surface area contributed by atoms with Crippen molar-refractivity contribution in [3.63, 3.8) is 0 Å². The highest BCUT2D eigenvalue weighted by molar-refractivity contribution is 5.93. The van der Waals surface area contributed by atoms with Gasteiger partial charge in [-0.25, -0.2) is 14.4 Å². The van der Waals surface area contributed by atoms with E-state index in [1.165, 1.54) is 23.4 Å². The maximum atomic E-state index is 13.6. The van der Waals surface area contributed by atoms with Crippen molar-refractivity contribution in [3.05, 3.63) is 35.9 Å². The number of rotatable bonds is 5. The van der Waals surface area contributed by atoms with Gasteiger partial charge in [0, 0.05) is 12.6 Å². The Morgan fingerprint density at radius 1 is 1.40 bits per heavy atom. The number of aryl methyl sites for hydroxylation is 1. The summed E-state index contributed by atoms with van der Waals surface area (Å²) >= 11 is 0. The van der Waals surface area contributed by atoms with E-state index in [0.717, 1.165) is 5.56 Å². The first-order valence-corrected chi connectivity index (χ1v) is 7.61. The van der Waals surface area contributed by atoms with Gasteiger partial charge in [-0.15, -0.1) is 0 Å². The van der Waals surface area contributed by atoms with Crippen molar-refractivity contribution in [3.8, 4) is 28.8 Å². The fourth-order valence-electron chi connectivity index (χ4n) is 2.16. The van der Waals surface area contributed by atoms with Crippen LogP contribution in [-0.2, 0) is 4.79 Å². The normalized spacial score (nSPS) is 9.92. The number of aromatic nitrogens is 2. The lowest BCUT2D eigenvalue weighted by molar-refractivity contribution is -0.124. The first kappa shape index (κ1) is 18.2. The topological polar surface area (TPSA) is 81.3 Å². The lowest BCUT2D eigenvalue weighted by Crippen LogP contribution is -2.29. The molecule has 1 aromatic carbocycles. The zero-order valence-electron chi connectivity index (χ0n) is 14.3. The number of hydrogen-bond acceptors (Lipinski definition) is 5. The summed E-state index contributed by atoms with van der Waals surface area (Å²) in [5.41, 5.74) is 7.71. The molecular formula is C18H19FN4O2. The molecule has 0 aliphatic heterocycles. The van der Waals surface area contributed by atoms with Crippen molar-refractivity contribution in [1.82, 2.24) is 14.9 Å². The van der Waals surface area contributed by atoms with E-state index in [2.05, 4.69) is 21.8 Å². The number of nitrogen functional groups attached to an aromatic ring is 1. The molecule has 2 aromatic rings. The largest absolute Gasteiger partial charge is 0.486 e. The Morgan fingerprint density at radius 3 is 2.88 bits per heavy atom. The number of nitrogens with zero attached hydrogens (tertiary/aromatic N) is 3. The monoisotopic (exact) mass is 342 g/mol. The third kappa shape index (κ3) is 4.44. The standard InChI is InChI=1S/C18H19FN4O2/c1-4-5-15(24)23(3)8-9-25-17-16(21-11-22-18(17)20)14-10-13(19)7-6-12(14)2/h6-7,10-11H,8-9H2,1-3H3,(H2,20,21,22). The number of amides is 1. The lowest BCUT2D eigenvalue weighted by Gasteiger charge is -2.17. The van der Waals surface area contributed by atoms with Crippen LogP contribution in [0.3, 0.4) is 0 Å². The van der Waals surface area contributed by atoms with Crippen LogP contribution in [0.15, 0.2) is 24.5 Å². The highest BCUT2D eigenvalue weighted by atomic mass is 19.1. The molecule has 0 atom stereocenters. The van der Waals surface area contributed by atoms with Gasteiger partial charge in [-0.3, -0.25) is 4.79 Å². The Morgan fingerprint density at radius 2 is 2.16 bits per heavy atom. The average Bonchev–Trinajstić information content (AvgIpc) is 2.58. The van der Waals surface area contributed by atoms with Crippen molar-refractivity contribution < 1.29 is 13.9 Å². The van der Waals surface area contributed by atoms with E-state index in [9.17, 15) is 9.18 Å². The minimum absolute atomic E-state index is 0.149. The van der Waals surface area contributed by atoms with Crippen molar-refractivity contribution in [1.29, 1.82) is 0 Å². The SMILES string of the molecule is CC#CC(=O)N(C)CCOc1c(N)ncnc1-c1cc(F)ccc1C. The lowest BCUT2D eigenvalue weighted by atomic mass is 10.0. The molecule has 2 rings (SSSR count). The zero-order chi connectivity index (χ0) is 18.4. The van der Waals surface area contributed by atoms with Gasteiger partial charge in [0.15, 0.2) is 11.6 Å². The van der Waals surface area contributed by atoms with E-state index >= 15 is 0 Å². The van der Waals surface area contributed by atoms with Crippen LogP contribution in [0.5, 0.6) is 5.75 Å². The van der Waals surface area contributed by atoms with Crippen LogP contribution < -0.4 is 10.5 Å². The number of nitrogens with two attached hydrogens (primary N) is 1. The third-order valence-electron chi connectivity index (χ3n) is 3.54. The van der Waals surface area contributed by atoms with Gasteiger partial charge in [0.2, 0.25) is 0 Å². The maximum Gasteiger partial charge on any atom is 0.298 e.